The lowest BCUT2D eigenvalue weighted by Crippen LogP contribution is -2.20. The summed E-state index contributed by atoms with van der Waals surface area (Å²) in [5.41, 5.74) is 0. The van der Waals surface area contributed by atoms with Gasteiger partial charge in [-0.2, -0.15) is 5.10 Å². The number of H-pyrrole nitrogens is 1. The zero-order chi connectivity index (χ0) is 9.97. The van der Waals surface area contributed by atoms with Gasteiger partial charge in [-0.1, -0.05) is 13.8 Å². The van der Waals surface area contributed by atoms with Crippen molar-refractivity contribution >= 4 is 0 Å². The number of nitrogens with one attached hydrogen (secondary N) is 2. The van der Waals surface area contributed by atoms with Gasteiger partial charge in [-0.05, 0) is 19.4 Å². The molecule has 0 aromatic carbocycles. The Labute approximate surface area is 84.5 Å². The molecule has 1 unspecified atom stereocenters. The van der Waals surface area contributed by atoms with Crippen LogP contribution in [0.1, 0.15) is 50.2 Å². The molecule has 0 amide bonds. The van der Waals surface area contributed by atoms with Gasteiger partial charge in [-0.3, -0.25) is 5.10 Å². The van der Waals surface area contributed by atoms with E-state index in [4.69, 9.17) is 0 Å². The molecular formula is C10H18N4. The largest absolute Gasteiger partial charge is 0.316 e. The lowest BCUT2D eigenvalue weighted by molar-refractivity contribution is 0.609. The first kappa shape index (κ1) is 9.65. The first-order valence-corrected chi connectivity index (χ1v) is 5.44. The molecule has 4 heteroatoms. The maximum absolute atomic E-state index is 4.52. The van der Waals surface area contributed by atoms with Crippen LogP contribution in [-0.4, -0.2) is 28.3 Å². The quantitative estimate of drug-likeness (QED) is 0.745. The minimum atomic E-state index is 0.402. The van der Waals surface area contributed by atoms with Gasteiger partial charge < -0.3 is 5.32 Å². The van der Waals surface area contributed by atoms with Gasteiger partial charge in [0, 0.05) is 18.4 Å². The SMILES string of the molecule is CCNCC(C)c1n[nH]c(C2CC2)n1. The minimum Gasteiger partial charge on any atom is -0.316 e. The standard InChI is InChI=1S/C10H18N4/c1-3-11-6-7(2)9-12-10(14-13-9)8-4-5-8/h7-8,11H,3-6H2,1-2H3,(H,12,13,14). The van der Waals surface area contributed by atoms with E-state index in [0.717, 1.165) is 24.7 Å². The number of nitrogens with zero attached hydrogens (tertiary/aromatic N) is 2. The van der Waals surface area contributed by atoms with E-state index in [2.05, 4.69) is 34.3 Å². The van der Waals surface area contributed by atoms with Crippen LogP contribution in [-0.2, 0) is 0 Å². The molecule has 1 atom stereocenters. The minimum absolute atomic E-state index is 0.402. The summed E-state index contributed by atoms with van der Waals surface area (Å²) in [4.78, 5) is 4.52. The van der Waals surface area contributed by atoms with Crippen molar-refractivity contribution in [3.63, 3.8) is 0 Å². The molecule has 1 heterocycles. The average molecular weight is 194 g/mol. The molecule has 4 nitrogen and oxygen atoms in total. The Morgan fingerprint density at radius 2 is 2.36 bits per heavy atom. The fourth-order valence-corrected chi connectivity index (χ4v) is 1.50. The highest BCUT2D eigenvalue weighted by molar-refractivity contribution is 5.07. The van der Waals surface area contributed by atoms with Crippen LogP contribution in [0.2, 0.25) is 0 Å². The van der Waals surface area contributed by atoms with Gasteiger partial charge in [0.2, 0.25) is 0 Å². The molecule has 1 aliphatic carbocycles. The Morgan fingerprint density at radius 1 is 1.57 bits per heavy atom. The Bertz CT molecular complexity index is 290. The second-order valence-corrected chi connectivity index (χ2v) is 4.06. The van der Waals surface area contributed by atoms with E-state index < -0.39 is 0 Å². The molecule has 1 aromatic rings. The average Bonchev–Trinajstić information content (AvgIpc) is 2.93. The van der Waals surface area contributed by atoms with Gasteiger partial charge in [-0.15, -0.1) is 0 Å². The molecule has 14 heavy (non-hydrogen) atoms. The van der Waals surface area contributed by atoms with Crippen molar-refractivity contribution in [3.05, 3.63) is 11.6 Å². The Hall–Kier alpha value is -0.900. The summed E-state index contributed by atoms with van der Waals surface area (Å²) in [6.07, 6.45) is 2.55. The molecule has 0 radical (unpaired) electrons. The first-order valence-electron chi connectivity index (χ1n) is 5.44. The number of likely N-dealkylation sites (N-methyl/N-ethyl adjacent to an activating group) is 1. The van der Waals surface area contributed by atoms with Crippen molar-refractivity contribution in [2.75, 3.05) is 13.1 Å². The highest BCUT2D eigenvalue weighted by Gasteiger charge is 2.27. The van der Waals surface area contributed by atoms with Gasteiger partial charge >= 0.3 is 0 Å². The van der Waals surface area contributed by atoms with E-state index in [1.807, 2.05) is 0 Å². The molecule has 1 fully saturated rings. The van der Waals surface area contributed by atoms with Gasteiger partial charge in [0.15, 0.2) is 5.82 Å². The summed E-state index contributed by atoms with van der Waals surface area (Å²) in [5, 5.41) is 10.6. The molecule has 2 N–H and O–H groups in total. The molecular weight excluding hydrogens is 176 g/mol. The highest BCUT2D eigenvalue weighted by Crippen LogP contribution is 2.38. The van der Waals surface area contributed by atoms with Crippen molar-refractivity contribution in [3.8, 4) is 0 Å². The monoisotopic (exact) mass is 194 g/mol. The second-order valence-electron chi connectivity index (χ2n) is 4.06. The van der Waals surface area contributed by atoms with E-state index in [-0.39, 0.29) is 0 Å². The predicted octanol–water partition coefficient (Wildman–Crippen LogP) is 1.40. The summed E-state index contributed by atoms with van der Waals surface area (Å²) < 4.78 is 0. The van der Waals surface area contributed by atoms with E-state index in [9.17, 15) is 0 Å². The van der Waals surface area contributed by atoms with Crippen LogP contribution >= 0.6 is 0 Å². The number of rotatable bonds is 5. The zero-order valence-electron chi connectivity index (χ0n) is 8.88. The van der Waals surface area contributed by atoms with Crippen molar-refractivity contribution in [2.24, 2.45) is 0 Å². The van der Waals surface area contributed by atoms with E-state index in [1.54, 1.807) is 0 Å². The molecule has 2 rings (SSSR count). The summed E-state index contributed by atoms with van der Waals surface area (Å²) in [6.45, 7) is 6.23. The molecule has 0 saturated heterocycles. The molecule has 1 aromatic heterocycles. The highest BCUT2D eigenvalue weighted by atomic mass is 15.2. The maximum Gasteiger partial charge on any atom is 0.154 e. The number of aromatic amines is 1. The van der Waals surface area contributed by atoms with Crippen molar-refractivity contribution in [1.82, 2.24) is 20.5 Å². The van der Waals surface area contributed by atoms with Gasteiger partial charge in [-0.25, -0.2) is 4.98 Å². The lowest BCUT2D eigenvalue weighted by atomic mass is 10.2. The lowest BCUT2D eigenvalue weighted by Gasteiger charge is -2.06. The predicted molar refractivity (Wildman–Crippen MR) is 55.3 cm³/mol. The molecule has 0 spiro atoms. The van der Waals surface area contributed by atoms with E-state index >= 15 is 0 Å². The normalized spacial score (nSPS) is 18.4. The van der Waals surface area contributed by atoms with Gasteiger partial charge in [0.05, 0.1) is 0 Å². The van der Waals surface area contributed by atoms with E-state index in [1.165, 1.54) is 12.8 Å². The van der Waals surface area contributed by atoms with Crippen LogP contribution in [0.4, 0.5) is 0 Å². The van der Waals surface area contributed by atoms with Gasteiger partial charge in [0.1, 0.15) is 5.82 Å². The third-order valence-electron chi connectivity index (χ3n) is 2.63. The van der Waals surface area contributed by atoms with E-state index in [0.29, 0.717) is 11.8 Å². The van der Waals surface area contributed by atoms with Crippen molar-refractivity contribution in [1.29, 1.82) is 0 Å². The third kappa shape index (κ3) is 2.12. The molecule has 78 valence electrons. The topological polar surface area (TPSA) is 53.6 Å². The van der Waals surface area contributed by atoms with Crippen LogP contribution in [0.3, 0.4) is 0 Å². The Morgan fingerprint density at radius 3 is 3.00 bits per heavy atom. The van der Waals surface area contributed by atoms with Crippen molar-refractivity contribution < 1.29 is 0 Å². The summed E-state index contributed by atoms with van der Waals surface area (Å²) in [5.74, 6) is 3.11. The molecule has 1 saturated carbocycles. The summed E-state index contributed by atoms with van der Waals surface area (Å²) in [6, 6.07) is 0. The number of aromatic nitrogens is 3. The zero-order valence-corrected chi connectivity index (χ0v) is 8.88. The number of hydrogen-bond acceptors (Lipinski definition) is 3. The Balaban J connectivity index is 1.93. The fraction of sp³-hybridized carbons (Fsp3) is 0.800. The van der Waals surface area contributed by atoms with Crippen LogP contribution in [0.15, 0.2) is 0 Å². The number of hydrogen-bond donors (Lipinski definition) is 2. The second kappa shape index (κ2) is 4.09. The van der Waals surface area contributed by atoms with Crippen LogP contribution < -0.4 is 5.32 Å². The first-order chi connectivity index (χ1) is 6.81. The fourth-order valence-electron chi connectivity index (χ4n) is 1.50. The third-order valence-corrected chi connectivity index (χ3v) is 2.63. The maximum atomic E-state index is 4.52. The molecule has 0 aliphatic heterocycles. The Kier molecular flexibility index (Phi) is 2.82. The van der Waals surface area contributed by atoms with Crippen molar-refractivity contribution in [2.45, 2.75) is 38.5 Å². The summed E-state index contributed by atoms with van der Waals surface area (Å²) >= 11 is 0. The summed E-state index contributed by atoms with van der Waals surface area (Å²) in [7, 11) is 0. The van der Waals surface area contributed by atoms with Crippen LogP contribution in [0.25, 0.3) is 0 Å². The van der Waals surface area contributed by atoms with Gasteiger partial charge in [0.25, 0.3) is 0 Å². The van der Waals surface area contributed by atoms with Crippen LogP contribution in [0, 0.1) is 0 Å². The molecule has 0 bridgehead atoms. The smallest absolute Gasteiger partial charge is 0.154 e. The molecule has 1 aliphatic rings. The van der Waals surface area contributed by atoms with Crippen LogP contribution in [0.5, 0.6) is 0 Å².